The predicted octanol–water partition coefficient (Wildman–Crippen LogP) is 3.04. The summed E-state index contributed by atoms with van der Waals surface area (Å²) >= 11 is 0. The zero-order valence-corrected chi connectivity index (χ0v) is 18.0. The third-order valence-electron chi connectivity index (χ3n) is 5.41. The van der Waals surface area contributed by atoms with Crippen molar-refractivity contribution in [1.29, 1.82) is 0 Å². The second-order valence-corrected chi connectivity index (χ2v) is 7.76. The fraction of sp³-hybridized carbons (Fsp3) is 0.375. The number of nitrogens with zero attached hydrogens (tertiary/aromatic N) is 1. The number of hydrogen-bond donors (Lipinski definition) is 1. The number of esters is 1. The molecule has 176 valence electrons. The molecule has 3 rings (SSSR count). The Morgan fingerprint density at radius 3 is 2.45 bits per heavy atom. The van der Waals surface area contributed by atoms with Crippen molar-refractivity contribution in [2.45, 2.75) is 25.9 Å². The van der Waals surface area contributed by atoms with Gasteiger partial charge in [0.2, 0.25) is 0 Å². The molecule has 33 heavy (non-hydrogen) atoms. The maximum absolute atomic E-state index is 12.3. The van der Waals surface area contributed by atoms with E-state index in [-0.39, 0.29) is 17.2 Å². The molecule has 0 saturated carbocycles. The first-order chi connectivity index (χ1) is 15.9. The van der Waals surface area contributed by atoms with Crippen molar-refractivity contribution >= 4 is 17.8 Å². The molecule has 0 bridgehead atoms. The lowest BCUT2D eigenvalue weighted by molar-refractivity contribution is -0.151. The van der Waals surface area contributed by atoms with E-state index in [4.69, 9.17) is 4.74 Å². The molecule has 1 aliphatic heterocycles. The van der Waals surface area contributed by atoms with Gasteiger partial charge in [0.1, 0.15) is 12.3 Å². The van der Waals surface area contributed by atoms with Crippen LogP contribution in [0.15, 0.2) is 54.6 Å². The summed E-state index contributed by atoms with van der Waals surface area (Å²) in [5.41, 5.74) is 1.34. The molecular weight excluding hydrogens is 434 g/mol. The van der Waals surface area contributed by atoms with Crippen LogP contribution < -0.4 is 10.1 Å². The minimum Gasteiger partial charge on any atom is -0.454 e. The normalized spacial score (nSPS) is 14.1. The third kappa shape index (κ3) is 7.85. The van der Waals surface area contributed by atoms with Gasteiger partial charge in [-0.2, -0.15) is 8.78 Å². The summed E-state index contributed by atoms with van der Waals surface area (Å²) in [6, 6.07) is 15.4. The standard InChI is InChI=1S/C24H26F2N2O5/c25-24(26)33-20-8-4-7-19(14-20)23(31)27-15-22(30)32-16-21(29)28-11-9-18(10-12-28)13-17-5-2-1-3-6-17/h1-8,14,18,24H,9-13,15-16H2,(H,27,31). The Hall–Kier alpha value is -3.49. The minimum atomic E-state index is -3.01. The van der Waals surface area contributed by atoms with E-state index in [0.29, 0.717) is 19.0 Å². The Labute approximate surface area is 190 Å². The lowest BCUT2D eigenvalue weighted by Gasteiger charge is -2.32. The predicted molar refractivity (Wildman–Crippen MR) is 116 cm³/mol. The molecule has 1 fully saturated rings. The number of ether oxygens (including phenoxy) is 2. The van der Waals surface area contributed by atoms with Gasteiger partial charge in [0.15, 0.2) is 6.61 Å². The van der Waals surface area contributed by atoms with Crippen LogP contribution in [0.5, 0.6) is 5.75 Å². The molecule has 0 aromatic heterocycles. The lowest BCUT2D eigenvalue weighted by atomic mass is 9.90. The first kappa shape index (κ1) is 24.2. The summed E-state index contributed by atoms with van der Waals surface area (Å²) in [5.74, 6) is -1.35. The molecule has 2 aromatic rings. The SMILES string of the molecule is O=C(CNC(=O)c1cccc(OC(F)F)c1)OCC(=O)N1CCC(Cc2ccccc2)CC1. The summed E-state index contributed by atoms with van der Waals surface area (Å²) in [6.45, 7) is -2.63. The molecule has 9 heteroatoms. The fourth-order valence-corrected chi connectivity index (χ4v) is 3.69. The number of amides is 2. The summed E-state index contributed by atoms with van der Waals surface area (Å²) < 4.78 is 33.8. The quantitative estimate of drug-likeness (QED) is 0.582. The number of benzene rings is 2. The number of carbonyl (C=O) groups is 3. The lowest BCUT2D eigenvalue weighted by Crippen LogP contribution is -2.41. The number of piperidine rings is 1. The molecule has 7 nitrogen and oxygen atoms in total. The fourth-order valence-electron chi connectivity index (χ4n) is 3.69. The van der Waals surface area contributed by atoms with Crippen molar-refractivity contribution in [2.24, 2.45) is 5.92 Å². The molecule has 0 atom stereocenters. The van der Waals surface area contributed by atoms with Crippen LogP contribution in [0, 0.1) is 5.92 Å². The van der Waals surface area contributed by atoms with Crippen LogP contribution in [0.25, 0.3) is 0 Å². The molecule has 1 N–H and O–H groups in total. The molecule has 0 unspecified atom stereocenters. The van der Waals surface area contributed by atoms with Gasteiger partial charge in [0.25, 0.3) is 11.8 Å². The van der Waals surface area contributed by atoms with Crippen molar-refractivity contribution in [2.75, 3.05) is 26.2 Å². The third-order valence-corrected chi connectivity index (χ3v) is 5.41. The van der Waals surface area contributed by atoms with Crippen LogP contribution in [-0.2, 0) is 20.7 Å². The molecule has 0 spiro atoms. The maximum atomic E-state index is 12.3. The highest BCUT2D eigenvalue weighted by atomic mass is 19.3. The molecule has 0 aliphatic carbocycles. The van der Waals surface area contributed by atoms with Gasteiger partial charge in [0.05, 0.1) is 0 Å². The number of rotatable bonds is 9. The average Bonchev–Trinajstić information content (AvgIpc) is 2.82. The minimum absolute atomic E-state index is 0.0513. The summed E-state index contributed by atoms with van der Waals surface area (Å²) in [5, 5.41) is 2.33. The van der Waals surface area contributed by atoms with Crippen LogP contribution in [-0.4, -0.2) is 55.5 Å². The Balaban J connectivity index is 1.35. The molecule has 2 amide bonds. The van der Waals surface area contributed by atoms with E-state index in [9.17, 15) is 23.2 Å². The smallest absolute Gasteiger partial charge is 0.387 e. The van der Waals surface area contributed by atoms with E-state index < -0.39 is 31.6 Å². The van der Waals surface area contributed by atoms with E-state index in [2.05, 4.69) is 22.2 Å². The summed E-state index contributed by atoms with van der Waals surface area (Å²) in [6.07, 6.45) is 2.76. The van der Waals surface area contributed by atoms with Gasteiger partial charge in [-0.15, -0.1) is 0 Å². The van der Waals surface area contributed by atoms with Crippen LogP contribution in [0.2, 0.25) is 0 Å². The second kappa shape index (κ2) is 11.9. The number of nitrogens with one attached hydrogen (secondary N) is 1. The maximum Gasteiger partial charge on any atom is 0.387 e. The van der Waals surface area contributed by atoms with Gasteiger partial charge in [-0.3, -0.25) is 14.4 Å². The Morgan fingerprint density at radius 2 is 1.76 bits per heavy atom. The molecule has 0 radical (unpaired) electrons. The Kier molecular flexibility index (Phi) is 8.74. The first-order valence-corrected chi connectivity index (χ1v) is 10.7. The van der Waals surface area contributed by atoms with Crippen LogP contribution in [0.1, 0.15) is 28.8 Å². The topological polar surface area (TPSA) is 84.9 Å². The highest BCUT2D eigenvalue weighted by molar-refractivity contribution is 5.96. The van der Waals surface area contributed by atoms with Gasteiger partial charge in [0, 0.05) is 18.7 Å². The number of likely N-dealkylation sites (tertiary alicyclic amines) is 1. The van der Waals surface area contributed by atoms with Crippen LogP contribution in [0.4, 0.5) is 8.78 Å². The number of hydrogen-bond acceptors (Lipinski definition) is 5. The molecule has 2 aromatic carbocycles. The molecular formula is C24H26F2N2O5. The van der Waals surface area contributed by atoms with Crippen molar-refractivity contribution in [3.63, 3.8) is 0 Å². The zero-order valence-electron chi connectivity index (χ0n) is 18.0. The number of alkyl halides is 2. The highest BCUT2D eigenvalue weighted by Crippen LogP contribution is 2.21. The van der Waals surface area contributed by atoms with Crippen molar-refractivity contribution in [3.8, 4) is 5.75 Å². The van der Waals surface area contributed by atoms with Gasteiger partial charge in [-0.05, 0) is 48.9 Å². The molecule has 1 aliphatic rings. The van der Waals surface area contributed by atoms with E-state index in [1.807, 2.05) is 18.2 Å². The van der Waals surface area contributed by atoms with Crippen molar-refractivity contribution in [3.05, 3.63) is 65.7 Å². The summed E-state index contributed by atoms with van der Waals surface area (Å²) in [4.78, 5) is 38.0. The molecule has 1 saturated heterocycles. The first-order valence-electron chi connectivity index (χ1n) is 10.7. The summed E-state index contributed by atoms with van der Waals surface area (Å²) in [7, 11) is 0. The van der Waals surface area contributed by atoms with E-state index in [0.717, 1.165) is 25.3 Å². The van der Waals surface area contributed by atoms with Crippen molar-refractivity contribution < 1.29 is 32.6 Å². The van der Waals surface area contributed by atoms with E-state index >= 15 is 0 Å². The van der Waals surface area contributed by atoms with Gasteiger partial charge in [-0.1, -0.05) is 36.4 Å². The number of carbonyl (C=O) groups excluding carboxylic acids is 3. The Morgan fingerprint density at radius 1 is 1.03 bits per heavy atom. The van der Waals surface area contributed by atoms with E-state index in [1.54, 1.807) is 4.90 Å². The van der Waals surface area contributed by atoms with Crippen molar-refractivity contribution in [1.82, 2.24) is 10.2 Å². The van der Waals surface area contributed by atoms with Gasteiger partial charge < -0.3 is 19.7 Å². The monoisotopic (exact) mass is 460 g/mol. The van der Waals surface area contributed by atoms with Gasteiger partial charge in [-0.25, -0.2) is 0 Å². The Bertz CT molecular complexity index is 947. The van der Waals surface area contributed by atoms with E-state index in [1.165, 1.54) is 23.8 Å². The second-order valence-electron chi connectivity index (χ2n) is 7.76. The zero-order chi connectivity index (χ0) is 23.6. The molecule has 1 heterocycles. The van der Waals surface area contributed by atoms with Crippen LogP contribution >= 0.6 is 0 Å². The number of halogens is 2. The van der Waals surface area contributed by atoms with Crippen LogP contribution in [0.3, 0.4) is 0 Å². The van der Waals surface area contributed by atoms with Gasteiger partial charge >= 0.3 is 12.6 Å². The highest BCUT2D eigenvalue weighted by Gasteiger charge is 2.23. The largest absolute Gasteiger partial charge is 0.454 e. The average molecular weight is 460 g/mol.